The molecule has 0 bridgehead atoms. The van der Waals surface area contributed by atoms with E-state index in [0.717, 1.165) is 36.6 Å². The molecule has 1 saturated heterocycles. The van der Waals surface area contributed by atoms with Crippen LogP contribution in [0.2, 0.25) is 0 Å². The molecule has 0 unspecified atom stereocenters. The first-order valence-electron chi connectivity index (χ1n) is 9.47. The molecule has 146 valence electrons. The average Bonchev–Trinajstić information content (AvgIpc) is 3.26. The number of hydrogen-bond acceptors (Lipinski definition) is 4. The maximum Gasteiger partial charge on any atom is 0.410 e. The van der Waals surface area contributed by atoms with Gasteiger partial charge in [-0.25, -0.2) is 4.79 Å². The Labute approximate surface area is 164 Å². The lowest BCUT2D eigenvalue weighted by Crippen LogP contribution is -3.15. The van der Waals surface area contributed by atoms with Crippen molar-refractivity contribution in [2.24, 2.45) is 0 Å². The summed E-state index contributed by atoms with van der Waals surface area (Å²) in [4.78, 5) is 28.9. The van der Waals surface area contributed by atoms with Crippen LogP contribution >= 0.6 is 11.3 Å². The van der Waals surface area contributed by atoms with Crippen molar-refractivity contribution in [3.63, 3.8) is 0 Å². The van der Waals surface area contributed by atoms with Crippen LogP contribution in [-0.2, 0) is 11.3 Å². The van der Waals surface area contributed by atoms with Crippen molar-refractivity contribution >= 4 is 23.2 Å². The molecule has 0 aromatic carbocycles. The van der Waals surface area contributed by atoms with Crippen LogP contribution in [0.1, 0.15) is 33.5 Å². The molecular formula is C20H28N3O3S+. The van der Waals surface area contributed by atoms with Gasteiger partial charge in [-0.1, -0.05) is 6.07 Å². The van der Waals surface area contributed by atoms with Crippen LogP contribution in [-0.4, -0.2) is 60.7 Å². The van der Waals surface area contributed by atoms with Crippen LogP contribution < -0.4 is 4.90 Å². The number of Topliss-reactive ketones (excluding diaryl/α,β-unsaturated/α-hetero) is 1. The van der Waals surface area contributed by atoms with E-state index in [0.29, 0.717) is 26.2 Å². The first kappa shape index (κ1) is 19.6. The summed E-state index contributed by atoms with van der Waals surface area (Å²) in [5.74, 6) is 0.181. The molecule has 1 N–H and O–H groups in total. The fourth-order valence-corrected chi connectivity index (χ4v) is 4.30. The Balaban J connectivity index is 1.60. The van der Waals surface area contributed by atoms with Crippen molar-refractivity contribution < 1.29 is 19.2 Å². The first-order valence-corrected chi connectivity index (χ1v) is 10.3. The highest BCUT2D eigenvalue weighted by Crippen LogP contribution is 2.19. The van der Waals surface area contributed by atoms with Gasteiger partial charge in [0.1, 0.15) is 6.54 Å². The highest BCUT2D eigenvalue weighted by Gasteiger charge is 2.27. The van der Waals surface area contributed by atoms with E-state index < -0.39 is 0 Å². The predicted octanol–water partition coefficient (Wildman–Crippen LogP) is 1.75. The van der Waals surface area contributed by atoms with Gasteiger partial charge in [-0.15, -0.1) is 11.3 Å². The van der Waals surface area contributed by atoms with Gasteiger partial charge >= 0.3 is 6.09 Å². The summed E-state index contributed by atoms with van der Waals surface area (Å²) in [6.07, 6.45) is -0.250. The summed E-state index contributed by atoms with van der Waals surface area (Å²) in [5, 5.41) is 2.08. The zero-order valence-corrected chi connectivity index (χ0v) is 17.1. The number of thiophene rings is 1. The van der Waals surface area contributed by atoms with Crippen LogP contribution in [0.25, 0.3) is 0 Å². The van der Waals surface area contributed by atoms with Crippen LogP contribution in [0.4, 0.5) is 4.79 Å². The Morgan fingerprint density at radius 2 is 2.00 bits per heavy atom. The van der Waals surface area contributed by atoms with Crippen LogP contribution in [0.15, 0.2) is 23.6 Å². The van der Waals surface area contributed by atoms with Gasteiger partial charge in [0.15, 0.2) is 0 Å². The third kappa shape index (κ3) is 4.59. The van der Waals surface area contributed by atoms with E-state index in [-0.39, 0.29) is 11.9 Å². The van der Waals surface area contributed by atoms with Gasteiger partial charge in [-0.3, -0.25) is 9.69 Å². The summed E-state index contributed by atoms with van der Waals surface area (Å²) in [5.41, 5.74) is 2.98. The normalized spacial score (nSPS) is 15.1. The van der Waals surface area contributed by atoms with Gasteiger partial charge in [0, 0.05) is 21.8 Å². The van der Waals surface area contributed by atoms with Crippen LogP contribution in [0, 0.1) is 13.8 Å². The second kappa shape index (κ2) is 8.71. The fraction of sp³-hybridized carbons (Fsp3) is 0.500. The van der Waals surface area contributed by atoms with E-state index in [9.17, 15) is 9.59 Å². The molecule has 0 spiro atoms. The molecule has 7 heteroatoms. The molecule has 0 saturated carbocycles. The van der Waals surface area contributed by atoms with Gasteiger partial charge in [0.05, 0.1) is 39.3 Å². The molecule has 0 aliphatic carbocycles. The number of amides is 1. The van der Waals surface area contributed by atoms with Crippen molar-refractivity contribution in [2.45, 2.75) is 27.3 Å². The van der Waals surface area contributed by atoms with Crippen molar-refractivity contribution in [2.75, 3.05) is 39.3 Å². The average molecular weight is 391 g/mol. The highest BCUT2D eigenvalue weighted by molar-refractivity contribution is 7.09. The number of nitrogens with zero attached hydrogens (tertiary/aromatic N) is 2. The Kier molecular flexibility index (Phi) is 6.34. The smallest absolute Gasteiger partial charge is 0.410 e. The SMILES string of the molecule is CCOC(=O)N1CC[NH+](CC(=O)c2cc(C)n(Cc3cccs3)c2C)CC1. The number of piperazine rings is 1. The first-order chi connectivity index (χ1) is 13.0. The van der Waals surface area contributed by atoms with Crippen molar-refractivity contribution in [3.8, 4) is 0 Å². The molecule has 0 radical (unpaired) electrons. The summed E-state index contributed by atoms with van der Waals surface area (Å²) in [6, 6.07) is 6.19. The van der Waals surface area contributed by atoms with E-state index >= 15 is 0 Å². The molecule has 1 aliphatic heterocycles. The van der Waals surface area contributed by atoms with Crippen molar-refractivity contribution in [1.29, 1.82) is 0 Å². The number of nitrogens with one attached hydrogen (secondary N) is 1. The largest absolute Gasteiger partial charge is 0.450 e. The number of aromatic nitrogens is 1. The molecule has 1 fully saturated rings. The number of carbonyl (C=O) groups excluding carboxylic acids is 2. The van der Waals surface area contributed by atoms with E-state index in [1.54, 1.807) is 16.2 Å². The van der Waals surface area contributed by atoms with E-state index in [1.165, 1.54) is 9.78 Å². The molecular weight excluding hydrogens is 362 g/mol. The summed E-state index contributed by atoms with van der Waals surface area (Å²) in [6.45, 7) is 10.4. The van der Waals surface area contributed by atoms with Crippen molar-refractivity contribution in [3.05, 3.63) is 45.4 Å². The van der Waals surface area contributed by atoms with Crippen molar-refractivity contribution in [1.82, 2.24) is 9.47 Å². The second-order valence-corrected chi connectivity index (χ2v) is 8.02. The summed E-state index contributed by atoms with van der Waals surface area (Å²) < 4.78 is 7.27. The van der Waals surface area contributed by atoms with Gasteiger partial charge in [0.2, 0.25) is 5.78 Å². The van der Waals surface area contributed by atoms with E-state index in [4.69, 9.17) is 4.74 Å². The zero-order valence-electron chi connectivity index (χ0n) is 16.3. The summed E-state index contributed by atoms with van der Waals surface area (Å²) in [7, 11) is 0. The maximum absolute atomic E-state index is 12.9. The van der Waals surface area contributed by atoms with Gasteiger partial charge in [-0.05, 0) is 38.3 Å². The lowest BCUT2D eigenvalue weighted by atomic mass is 10.1. The second-order valence-electron chi connectivity index (χ2n) is 6.99. The zero-order chi connectivity index (χ0) is 19.4. The highest BCUT2D eigenvalue weighted by atomic mass is 32.1. The number of ether oxygens (including phenoxy) is 1. The topological polar surface area (TPSA) is 56.0 Å². The molecule has 3 rings (SSSR count). The standard InChI is InChI=1S/C20H27N3O3S/c1-4-26-20(25)22-9-7-21(8-10-22)14-19(24)18-12-15(2)23(16(18)3)13-17-6-5-11-27-17/h5-6,11-12H,4,7-10,13-14H2,1-3H3/p+1. The molecule has 1 amide bonds. The minimum Gasteiger partial charge on any atom is -0.450 e. The molecule has 1 aliphatic rings. The Morgan fingerprint density at radius 1 is 1.26 bits per heavy atom. The van der Waals surface area contributed by atoms with Gasteiger partial charge in [-0.2, -0.15) is 0 Å². The summed E-state index contributed by atoms with van der Waals surface area (Å²) >= 11 is 1.73. The lowest BCUT2D eigenvalue weighted by Gasteiger charge is -2.31. The minimum absolute atomic E-state index is 0.181. The third-order valence-electron chi connectivity index (χ3n) is 5.18. The number of carbonyl (C=O) groups is 2. The van der Waals surface area contributed by atoms with E-state index in [2.05, 4.69) is 29.0 Å². The predicted molar refractivity (Wildman–Crippen MR) is 106 cm³/mol. The Hall–Kier alpha value is -2.12. The van der Waals surface area contributed by atoms with Gasteiger partial charge < -0.3 is 14.2 Å². The molecule has 3 heterocycles. The van der Waals surface area contributed by atoms with E-state index in [1.807, 2.05) is 19.9 Å². The number of ketones is 1. The molecule has 6 nitrogen and oxygen atoms in total. The fourth-order valence-electron chi connectivity index (χ4n) is 3.60. The van der Waals surface area contributed by atoms with Crippen LogP contribution in [0.3, 0.4) is 0 Å². The maximum atomic E-state index is 12.9. The quantitative estimate of drug-likeness (QED) is 0.765. The van der Waals surface area contributed by atoms with Crippen LogP contribution in [0.5, 0.6) is 0 Å². The number of quaternary nitrogens is 1. The van der Waals surface area contributed by atoms with Gasteiger partial charge in [0.25, 0.3) is 0 Å². The Morgan fingerprint density at radius 3 is 2.63 bits per heavy atom. The lowest BCUT2D eigenvalue weighted by molar-refractivity contribution is -0.895. The molecule has 2 aromatic heterocycles. The molecule has 0 atom stereocenters. The number of aryl methyl sites for hydroxylation is 1. The molecule has 27 heavy (non-hydrogen) atoms. The number of hydrogen-bond donors (Lipinski definition) is 1. The molecule has 2 aromatic rings. The third-order valence-corrected chi connectivity index (χ3v) is 6.04. The minimum atomic E-state index is -0.250. The monoisotopic (exact) mass is 390 g/mol. The number of rotatable bonds is 6. The Bertz CT molecular complexity index is 790.